The number of primary amides is 1. The highest BCUT2D eigenvalue weighted by molar-refractivity contribution is 6.00. The Kier molecular flexibility index (Phi) is 16.7. The molecule has 0 aliphatic heterocycles. The van der Waals surface area contributed by atoms with Crippen molar-refractivity contribution in [2.45, 2.75) is 48.5 Å². The Hall–Kier alpha value is -1.84. The number of rotatable bonds is 2. The Balaban J connectivity index is -0.000000375. The van der Waals surface area contributed by atoms with E-state index >= 15 is 0 Å². The highest BCUT2D eigenvalue weighted by Gasteiger charge is 2.09. The van der Waals surface area contributed by atoms with Gasteiger partial charge in [-0.2, -0.15) is 0 Å². The lowest BCUT2D eigenvalue weighted by molar-refractivity contribution is 0.1000. The van der Waals surface area contributed by atoms with Gasteiger partial charge in [-0.1, -0.05) is 41.5 Å². The summed E-state index contributed by atoms with van der Waals surface area (Å²) < 4.78 is 0. The summed E-state index contributed by atoms with van der Waals surface area (Å²) >= 11 is 0. The van der Waals surface area contributed by atoms with E-state index in [9.17, 15) is 14.7 Å². The normalized spacial score (nSPS) is 7.53. The van der Waals surface area contributed by atoms with Crippen molar-refractivity contribution >= 4 is 11.7 Å². The molecule has 0 bridgehead atoms. The van der Waals surface area contributed by atoms with Crippen LogP contribution in [0.5, 0.6) is 5.75 Å². The Morgan fingerprint density at radius 3 is 1.74 bits per heavy atom. The van der Waals surface area contributed by atoms with Gasteiger partial charge in [0.2, 0.25) is 5.91 Å². The Labute approximate surface area is 116 Å². The van der Waals surface area contributed by atoms with Crippen LogP contribution in [-0.2, 0) is 0 Å². The topological polar surface area (TPSA) is 80.4 Å². The molecule has 0 radical (unpaired) electrons. The molecule has 19 heavy (non-hydrogen) atoms. The summed E-state index contributed by atoms with van der Waals surface area (Å²) in [5, 5.41) is 9.21. The van der Waals surface area contributed by atoms with E-state index in [1.165, 1.54) is 25.1 Å². The summed E-state index contributed by atoms with van der Waals surface area (Å²) in [6.45, 7) is 13.3. The van der Waals surface area contributed by atoms with Gasteiger partial charge in [0.1, 0.15) is 5.75 Å². The Morgan fingerprint density at radius 2 is 1.42 bits per heavy atom. The lowest BCUT2D eigenvalue weighted by Crippen LogP contribution is -2.11. The number of aromatic hydroxyl groups is 1. The highest BCUT2D eigenvalue weighted by atomic mass is 16.3. The summed E-state index contributed by atoms with van der Waals surface area (Å²) in [7, 11) is 0. The summed E-state index contributed by atoms with van der Waals surface area (Å²) in [6.07, 6.45) is 0. The number of carbonyl (C=O) groups excluding carboxylic acids is 2. The lowest BCUT2D eigenvalue weighted by Gasteiger charge is -2.01. The number of carbonyl (C=O) groups is 2. The molecule has 110 valence electrons. The van der Waals surface area contributed by atoms with E-state index in [0.717, 1.165) is 0 Å². The third-order valence-electron chi connectivity index (χ3n) is 1.66. The van der Waals surface area contributed by atoms with Crippen LogP contribution < -0.4 is 5.73 Å². The zero-order valence-electron chi connectivity index (χ0n) is 13.1. The van der Waals surface area contributed by atoms with Crippen LogP contribution in [0.2, 0.25) is 0 Å². The fourth-order valence-corrected chi connectivity index (χ4v) is 0.971. The zero-order chi connectivity index (χ0) is 16.0. The molecular formula is C15H27NO3. The van der Waals surface area contributed by atoms with Crippen molar-refractivity contribution in [2.75, 3.05) is 0 Å². The molecule has 0 saturated carbocycles. The van der Waals surface area contributed by atoms with Gasteiger partial charge >= 0.3 is 0 Å². The Bertz CT molecular complexity index is 374. The molecule has 0 spiro atoms. The maximum Gasteiger partial charge on any atom is 0.248 e. The van der Waals surface area contributed by atoms with Crippen LogP contribution in [0.3, 0.4) is 0 Å². The van der Waals surface area contributed by atoms with Crippen molar-refractivity contribution in [2.24, 2.45) is 5.73 Å². The zero-order valence-corrected chi connectivity index (χ0v) is 13.1. The van der Waals surface area contributed by atoms with Gasteiger partial charge in [0.25, 0.3) is 0 Å². The third kappa shape index (κ3) is 8.83. The van der Waals surface area contributed by atoms with Crippen molar-refractivity contribution in [3.63, 3.8) is 0 Å². The molecule has 0 atom stereocenters. The number of Topliss-reactive ketones (excluding diaryl/α,β-unsaturated/α-hetero) is 1. The average Bonchev–Trinajstić information content (AvgIpc) is 2.45. The number of amides is 1. The molecule has 3 N–H and O–H groups in total. The first-order chi connectivity index (χ1) is 9.02. The molecule has 0 fully saturated rings. The largest absolute Gasteiger partial charge is 0.507 e. The number of phenolic OH excluding ortho intramolecular Hbond substituents is 1. The minimum Gasteiger partial charge on any atom is -0.507 e. The van der Waals surface area contributed by atoms with Crippen molar-refractivity contribution in [3.8, 4) is 5.75 Å². The van der Waals surface area contributed by atoms with Gasteiger partial charge in [-0.15, -0.1) is 0 Å². The predicted octanol–water partition coefficient (Wildman–Crippen LogP) is 3.77. The average molecular weight is 269 g/mol. The summed E-state index contributed by atoms with van der Waals surface area (Å²) in [5.41, 5.74) is 5.32. The molecule has 1 aromatic rings. The molecular weight excluding hydrogens is 242 g/mol. The van der Waals surface area contributed by atoms with Crippen molar-refractivity contribution in [1.82, 2.24) is 0 Å². The fraction of sp³-hybridized carbons (Fsp3) is 0.467. The maximum absolute atomic E-state index is 10.9. The third-order valence-corrected chi connectivity index (χ3v) is 1.66. The molecule has 4 nitrogen and oxygen atoms in total. The molecule has 0 aromatic heterocycles. The van der Waals surface area contributed by atoms with Crippen LogP contribution in [0.1, 0.15) is 69.2 Å². The minimum absolute atomic E-state index is 0.108. The number of ketones is 1. The molecule has 0 heterocycles. The van der Waals surface area contributed by atoms with E-state index < -0.39 is 5.91 Å². The molecule has 1 rings (SSSR count). The molecule has 0 aliphatic rings. The summed E-state index contributed by atoms with van der Waals surface area (Å²) in [4.78, 5) is 21.6. The summed E-state index contributed by atoms with van der Waals surface area (Å²) in [5.74, 6) is -1.07. The van der Waals surface area contributed by atoms with Gasteiger partial charge in [0.05, 0.1) is 5.56 Å². The number of phenols is 1. The smallest absolute Gasteiger partial charge is 0.248 e. The predicted molar refractivity (Wildman–Crippen MR) is 80.7 cm³/mol. The molecule has 1 amide bonds. The van der Waals surface area contributed by atoms with Crippen LogP contribution in [0, 0.1) is 0 Å². The van der Waals surface area contributed by atoms with Gasteiger partial charge in [-0.25, -0.2) is 0 Å². The lowest BCUT2D eigenvalue weighted by atomic mass is 10.1. The van der Waals surface area contributed by atoms with Gasteiger partial charge < -0.3 is 10.8 Å². The van der Waals surface area contributed by atoms with Crippen LogP contribution in [0.15, 0.2) is 18.2 Å². The van der Waals surface area contributed by atoms with Crippen LogP contribution in [-0.4, -0.2) is 16.8 Å². The SMILES string of the molecule is CC.CC.CC.CC(=O)c1cc(C(N)=O)ccc1O. The second kappa shape index (κ2) is 14.2. The van der Waals surface area contributed by atoms with Gasteiger partial charge in [-0.05, 0) is 25.1 Å². The van der Waals surface area contributed by atoms with Crippen LogP contribution in [0.4, 0.5) is 0 Å². The van der Waals surface area contributed by atoms with Crippen molar-refractivity contribution < 1.29 is 14.7 Å². The van der Waals surface area contributed by atoms with E-state index in [0.29, 0.717) is 0 Å². The monoisotopic (exact) mass is 269 g/mol. The van der Waals surface area contributed by atoms with Crippen molar-refractivity contribution in [3.05, 3.63) is 29.3 Å². The van der Waals surface area contributed by atoms with Crippen LogP contribution >= 0.6 is 0 Å². The first kappa shape index (κ1) is 22.3. The van der Waals surface area contributed by atoms with E-state index in [4.69, 9.17) is 5.73 Å². The second-order valence-electron chi connectivity index (χ2n) is 2.65. The quantitative estimate of drug-likeness (QED) is 0.802. The number of hydrogen-bond donors (Lipinski definition) is 2. The summed E-state index contributed by atoms with van der Waals surface area (Å²) in [6, 6.07) is 3.92. The Morgan fingerprint density at radius 1 is 1.00 bits per heavy atom. The van der Waals surface area contributed by atoms with E-state index in [2.05, 4.69) is 0 Å². The van der Waals surface area contributed by atoms with E-state index in [1.807, 2.05) is 41.5 Å². The fourth-order valence-electron chi connectivity index (χ4n) is 0.971. The first-order valence-corrected chi connectivity index (χ1v) is 6.66. The van der Waals surface area contributed by atoms with Gasteiger partial charge in [0.15, 0.2) is 5.78 Å². The second-order valence-corrected chi connectivity index (χ2v) is 2.65. The van der Waals surface area contributed by atoms with E-state index in [1.54, 1.807) is 0 Å². The number of hydrogen-bond acceptors (Lipinski definition) is 3. The van der Waals surface area contributed by atoms with Crippen LogP contribution in [0.25, 0.3) is 0 Å². The van der Waals surface area contributed by atoms with Gasteiger partial charge in [-0.3, -0.25) is 9.59 Å². The molecule has 1 aromatic carbocycles. The highest BCUT2D eigenvalue weighted by Crippen LogP contribution is 2.18. The molecule has 0 saturated heterocycles. The standard InChI is InChI=1S/C9H9NO3.3C2H6/c1-5(11)7-4-6(9(10)13)2-3-8(7)12;3*1-2/h2-4,12H,1H3,(H2,10,13);3*1-2H3. The molecule has 0 aliphatic carbocycles. The molecule has 4 heteroatoms. The number of benzene rings is 1. The number of nitrogens with two attached hydrogens (primary N) is 1. The minimum atomic E-state index is -0.623. The van der Waals surface area contributed by atoms with E-state index in [-0.39, 0.29) is 22.7 Å². The van der Waals surface area contributed by atoms with Crippen molar-refractivity contribution in [1.29, 1.82) is 0 Å². The first-order valence-electron chi connectivity index (χ1n) is 6.66. The maximum atomic E-state index is 10.9. The van der Waals surface area contributed by atoms with Gasteiger partial charge in [0, 0.05) is 5.56 Å². The molecule has 0 unspecified atom stereocenters.